The Bertz CT molecular complexity index is 1070. The fourth-order valence-corrected chi connectivity index (χ4v) is 4.54. The molecular formula is C23H23F2N5O2. The largest absolute Gasteiger partial charge is 0.495 e. The third kappa shape index (κ3) is 4.00. The van der Waals surface area contributed by atoms with Crippen molar-refractivity contribution in [1.82, 2.24) is 14.9 Å². The molecular weight excluding hydrogens is 416 g/mol. The number of aromatic nitrogens is 2. The fourth-order valence-electron chi connectivity index (χ4n) is 4.54. The quantitative estimate of drug-likeness (QED) is 0.666. The average Bonchev–Trinajstić information content (AvgIpc) is 3.01. The van der Waals surface area contributed by atoms with E-state index < -0.39 is 17.5 Å². The van der Waals surface area contributed by atoms with Gasteiger partial charge in [-0.1, -0.05) is 6.92 Å². The van der Waals surface area contributed by atoms with E-state index in [1.807, 2.05) is 6.07 Å². The molecule has 2 fully saturated rings. The average molecular weight is 439 g/mol. The number of piperazine rings is 1. The number of allylic oxidation sites excluding steroid dienone is 1. The number of hydrogen-bond donors (Lipinski definition) is 0. The van der Waals surface area contributed by atoms with Gasteiger partial charge in [-0.15, -0.1) is 0 Å². The fraction of sp³-hybridized carbons (Fsp3) is 0.391. The first-order valence-electron chi connectivity index (χ1n) is 10.3. The third-order valence-corrected chi connectivity index (χ3v) is 6.08. The van der Waals surface area contributed by atoms with Crippen LogP contribution in [0.4, 0.5) is 14.6 Å². The smallest absolute Gasteiger partial charge is 0.312 e. The number of anilines is 1. The standard InChI is InChI=1S/C23H23F2N5O2/c1-15-10-17-13-29(14-18(15)30(17)20-6-5-16(11-26)12-28-20)21(31)7-8-23(24,25)22-19(32-2)4-3-9-27-22/h3-9,12,15,17-18H,10,13-14H2,1-2H3/b8-7+/t15-,17?,18?/m1/s1. The highest BCUT2D eigenvalue weighted by atomic mass is 19.3. The minimum atomic E-state index is -3.44. The zero-order valence-electron chi connectivity index (χ0n) is 17.8. The number of alkyl halides is 2. The molecule has 0 aliphatic carbocycles. The van der Waals surface area contributed by atoms with E-state index in [9.17, 15) is 13.6 Å². The number of nitriles is 1. The topological polar surface area (TPSA) is 82.4 Å². The molecule has 2 unspecified atom stereocenters. The number of hydrogen-bond acceptors (Lipinski definition) is 6. The highest BCUT2D eigenvalue weighted by molar-refractivity contribution is 5.88. The highest BCUT2D eigenvalue weighted by Gasteiger charge is 2.46. The number of pyridine rings is 2. The van der Waals surface area contributed by atoms with E-state index in [2.05, 4.69) is 27.9 Å². The monoisotopic (exact) mass is 439 g/mol. The summed E-state index contributed by atoms with van der Waals surface area (Å²) in [6.45, 7) is 2.96. The summed E-state index contributed by atoms with van der Waals surface area (Å²) < 4.78 is 34.3. The van der Waals surface area contributed by atoms with Crippen LogP contribution in [0.2, 0.25) is 0 Å². The summed E-state index contributed by atoms with van der Waals surface area (Å²) >= 11 is 0. The van der Waals surface area contributed by atoms with E-state index in [4.69, 9.17) is 10.00 Å². The maximum Gasteiger partial charge on any atom is 0.312 e. The molecule has 0 spiro atoms. The van der Waals surface area contributed by atoms with Crippen LogP contribution >= 0.6 is 0 Å². The predicted molar refractivity (Wildman–Crippen MR) is 113 cm³/mol. The maximum absolute atomic E-state index is 14.7. The second-order valence-electron chi connectivity index (χ2n) is 8.11. The molecule has 9 heteroatoms. The van der Waals surface area contributed by atoms with E-state index >= 15 is 0 Å². The van der Waals surface area contributed by atoms with Crippen LogP contribution in [0.5, 0.6) is 5.75 Å². The van der Waals surface area contributed by atoms with Gasteiger partial charge in [-0.05, 0) is 42.7 Å². The highest BCUT2D eigenvalue weighted by Crippen LogP contribution is 2.38. The number of amides is 1. The molecule has 2 bridgehead atoms. The molecule has 7 nitrogen and oxygen atoms in total. The van der Waals surface area contributed by atoms with Crippen molar-refractivity contribution in [1.29, 1.82) is 5.26 Å². The van der Waals surface area contributed by atoms with Gasteiger partial charge in [0.25, 0.3) is 0 Å². The number of carbonyl (C=O) groups excluding carboxylic acids is 1. The molecule has 32 heavy (non-hydrogen) atoms. The van der Waals surface area contributed by atoms with Crippen molar-refractivity contribution in [2.24, 2.45) is 5.92 Å². The van der Waals surface area contributed by atoms with Gasteiger partial charge in [0.05, 0.1) is 18.7 Å². The molecule has 2 saturated heterocycles. The Kier molecular flexibility index (Phi) is 5.78. The second-order valence-corrected chi connectivity index (χ2v) is 8.11. The third-order valence-electron chi connectivity index (χ3n) is 6.08. The molecule has 2 aliphatic heterocycles. The Hall–Kier alpha value is -3.54. The van der Waals surface area contributed by atoms with Gasteiger partial charge in [0, 0.05) is 37.6 Å². The first-order chi connectivity index (χ1) is 15.3. The van der Waals surface area contributed by atoms with Crippen LogP contribution in [0.15, 0.2) is 48.8 Å². The van der Waals surface area contributed by atoms with Crippen LogP contribution in [-0.4, -0.2) is 53.1 Å². The number of ether oxygens (including phenoxy) is 1. The first kappa shape index (κ1) is 21.7. The van der Waals surface area contributed by atoms with Gasteiger partial charge < -0.3 is 14.5 Å². The zero-order chi connectivity index (χ0) is 22.9. The van der Waals surface area contributed by atoms with E-state index in [1.165, 1.54) is 31.6 Å². The van der Waals surface area contributed by atoms with Gasteiger partial charge in [-0.3, -0.25) is 9.78 Å². The Morgan fingerprint density at radius 1 is 1.31 bits per heavy atom. The van der Waals surface area contributed by atoms with Gasteiger partial charge in [-0.25, -0.2) is 4.98 Å². The molecule has 0 N–H and O–H groups in total. The van der Waals surface area contributed by atoms with Crippen molar-refractivity contribution >= 4 is 11.7 Å². The van der Waals surface area contributed by atoms with Crippen molar-refractivity contribution in [2.45, 2.75) is 31.4 Å². The summed E-state index contributed by atoms with van der Waals surface area (Å²) in [5.74, 6) is -2.86. The van der Waals surface area contributed by atoms with Crippen molar-refractivity contribution < 1.29 is 18.3 Å². The normalized spacial score (nSPS) is 22.8. The number of nitrogens with zero attached hydrogens (tertiary/aromatic N) is 5. The molecule has 4 rings (SSSR count). The second kappa shape index (κ2) is 8.54. The molecule has 2 aromatic rings. The molecule has 2 aromatic heterocycles. The van der Waals surface area contributed by atoms with E-state index in [0.717, 1.165) is 18.3 Å². The molecule has 0 saturated carbocycles. The van der Waals surface area contributed by atoms with Crippen LogP contribution < -0.4 is 9.64 Å². The van der Waals surface area contributed by atoms with Gasteiger partial charge in [0.2, 0.25) is 5.91 Å². The van der Waals surface area contributed by atoms with E-state index in [-0.39, 0.29) is 17.8 Å². The molecule has 1 amide bonds. The summed E-state index contributed by atoms with van der Waals surface area (Å²) in [6.07, 6.45) is 5.18. The van der Waals surface area contributed by atoms with Crippen LogP contribution in [0.25, 0.3) is 0 Å². The van der Waals surface area contributed by atoms with Crippen LogP contribution in [0.3, 0.4) is 0 Å². The van der Waals surface area contributed by atoms with Crippen molar-refractivity contribution in [3.8, 4) is 11.8 Å². The number of methoxy groups -OCH3 is 1. The summed E-state index contributed by atoms with van der Waals surface area (Å²) in [5.41, 5.74) is -0.0458. The van der Waals surface area contributed by atoms with Crippen molar-refractivity contribution in [3.05, 3.63) is 60.1 Å². The lowest BCUT2D eigenvalue weighted by Gasteiger charge is -2.42. The molecule has 166 valence electrons. The molecule has 3 atom stereocenters. The minimum Gasteiger partial charge on any atom is -0.495 e. The van der Waals surface area contributed by atoms with Gasteiger partial charge in [-0.2, -0.15) is 14.0 Å². The summed E-state index contributed by atoms with van der Waals surface area (Å²) in [6, 6.07) is 8.57. The molecule has 2 aliphatic rings. The predicted octanol–water partition coefficient (Wildman–Crippen LogP) is 3.13. The molecule has 0 aromatic carbocycles. The minimum absolute atomic E-state index is 0.0305. The number of halogens is 2. The van der Waals surface area contributed by atoms with Crippen molar-refractivity contribution in [3.63, 3.8) is 0 Å². The van der Waals surface area contributed by atoms with Gasteiger partial charge >= 0.3 is 5.92 Å². The SMILES string of the molecule is COc1cccnc1C(F)(F)/C=C/C(=O)N1CC2C[C@@H](C)C(C1)N2c1ccc(C#N)cn1. The molecule has 0 radical (unpaired) electrons. The Balaban J connectivity index is 1.49. The number of fused-ring (bicyclic) bond motifs is 2. The lowest BCUT2D eigenvalue weighted by molar-refractivity contribution is -0.127. The lowest BCUT2D eigenvalue weighted by Crippen LogP contribution is -2.56. The van der Waals surface area contributed by atoms with Crippen LogP contribution in [0.1, 0.15) is 24.6 Å². The Morgan fingerprint density at radius 2 is 2.12 bits per heavy atom. The summed E-state index contributed by atoms with van der Waals surface area (Å²) in [4.78, 5) is 24.7. The zero-order valence-corrected chi connectivity index (χ0v) is 17.8. The van der Waals surface area contributed by atoms with Crippen LogP contribution in [0, 0.1) is 17.2 Å². The molecule has 4 heterocycles. The Labute approximate surface area is 184 Å². The van der Waals surface area contributed by atoms with Gasteiger partial charge in [0.1, 0.15) is 17.6 Å². The maximum atomic E-state index is 14.7. The van der Waals surface area contributed by atoms with Crippen LogP contribution in [-0.2, 0) is 10.7 Å². The first-order valence-corrected chi connectivity index (χ1v) is 10.3. The number of carbonyl (C=O) groups is 1. The lowest BCUT2D eigenvalue weighted by atomic mass is 10.0. The van der Waals surface area contributed by atoms with E-state index in [0.29, 0.717) is 30.6 Å². The number of rotatable bonds is 5. The Morgan fingerprint density at radius 3 is 2.78 bits per heavy atom. The van der Waals surface area contributed by atoms with Crippen molar-refractivity contribution in [2.75, 3.05) is 25.1 Å². The summed E-state index contributed by atoms with van der Waals surface area (Å²) in [7, 11) is 1.30. The van der Waals surface area contributed by atoms with E-state index in [1.54, 1.807) is 11.0 Å². The summed E-state index contributed by atoms with van der Waals surface area (Å²) in [5, 5.41) is 8.98. The van der Waals surface area contributed by atoms with Gasteiger partial charge in [0.15, 0.2) is 5.69 Å². The number of likely N-dealkylation sites (tertiary alicyclic amines) is 1.